The maximum absolute atomic E-state index is 12.9. The molecule has 3 aromatic rings. The second-order valence-electron chi connectivity index (χ2n) is 5.83. The van der Waals surface area contributed by atoms with Crippen LogP contribution in [0, 0.1) is 0 Å². The summed E-state index contributed by atoms with van der Waals surface area (Å²) in [6.45, 7) is -0.0289. The first kappa shape index (κ1) is 19.7. The minimum atomic E-state index is -4.62. The zero-order valence-electron chi connectivity index (χ0n) is 14.3. The number of benzene rings is 2. The van der Waals surface area contributed by atoms with E-state index in [0.29, 0.717) is 0 Å². The molecule has 1 aromatic heterocycles. The lowest BCUT2D eigenvalue weighted by Crippen LogP contribution is -2.14. The number of carbonyl (C=O) groups is 1. The van der Waals surface area contributed by atoms with E-state index in [9.17, 15) is 18.0 Å². The Labute approximate surface area is 163 Å². The van der Waals surface area contributed by atoms with Crippen LogP contribution in [-0.4, -0.2) is 11.1 Å². The summed E-state index contributed by atoms with van der Waals surface area (Å²) in [5.74, 6) is 0. The monoisotopic (exact) mass is 406 g/mol. The first-order valence-electron chi connectivity index (χ1n) is 8.13. The van der Waals surface area contributed by atoms with E-state index >= 15 is 0 Å². The van der Waals surface area contributed by atoms with Crippen molar-refractivity contribution in [2.45, 2.75) is 12.8 Å². The topological polar surface area (TPSA) is 51.2 Å². The zero-order chi connectivity index (χ0) is 20.1. The number of nitrogens with one attached hydrogen (secondary N) is 1. The smallest absolute Gasteiger partial charge is 0.417 e. The van der Waals surface area contributed by atoms with Gasteiger partial charge in [-0.15, -0.1) is 0 Å². The SMILES string of the molecule is O=C(Nc1ccc(Cl)c(C(F)(F)F)c1)OCc1ccc(-c2cccnc2)cc1. The summed E-state index contributed by atoms with van der Waals surface area (Å²) in [4.78, 5) is 15.9. The largest absolute Gasteiger partial charge is 0.444 e. The molecule has 0 aliphatic rings. The molecule has 0 aliphatic carbocycles. The van der Waals surface area contributed by atoms with Gasteiger partial charge >= 0.3 is 12.3 Å². The predicted octanol–water partition coefficient (Wildman–Crippen LogP) is 6.17. The van der Waals surface area contributed by atoms with Crippen molar-refractivity contribution in [3.05, 3.63) is 83.1 Å². The fourth-order valence-corrected chi connectivity index (χ4v) is 2.67. The van der Waals surface area contributed by atoms with E-state index in [2.05, 4.69) is 10.3 Å². The number of hydrogen-bond donors (Lipinski definition) is 1. The van der Waals surface area contributed by atoms with Crippen LogP contribution >= 0.6 is 11.6 Å². The lowest BCUT2D eigenvalue weighted by atomic mass is 10.1. The number of ether oxygens (including phenoxy) is 1. The van der Waals surface area contributed by atoms with E-state index in [1.807, 2.05) is 24.3 Å². The van der Waals surface area contributed by atoms with Gasteiger partial charge in [-0.25, -0.2) is 4.79 Å². The highest BCUT2D eigenvalue weighted by Gasteiger charge is 2.33. The lowest BCUT2D eigenvalue weighted by Gasteiger charge is -2.12. The van der Waals surface area contributed by atoms with Gasteiger partial charge in [0.1, 0.15) is 6.61 Å². The Morgan fingerprint density at radius 3 is 2.46 bits per heavy atom. The third kappa shape index (κ3) is 5.01. The molecule has 0 saturated carbocycles. The number of halogens is 4. The van der Waals surface area contributed by atoms with Crippen molar-refractivity contribution in [2.75, 3.05) is 5.32 Å². The van der Waals surface area contributed by atoms with Gasteiger partial charge in [0.05, 0.1) is 10.6 Å². The van der Waals surface area contributed by atoms with E-state index in [0.717, 1.165) is 28.8 Å². The molecular formula is C20H14ClF3N2O2. The van der Waals surface area contributed by atoms with Crippen LogP contribution < -0.4 is 5.32 Å². The zero-order valence-corrected chi connectivity index (χ0v) is 15.1. The molecule has 144 valence electrons. The summed E-state index contributed by atoms with van der Waals surface area (Å²) in [7, 11) is 0. The Kier molecular flexibility index (Phi) is 5.84. The fourth-order valence-electron chi connectivity index (χ4n) is 2.45. The molecule has 0 fully saturated rings. The van der Waals surface area contributed by atoms with Crippen molar-refractivity contribution < 1.29 is 22.7 Å². The first-order valence-corrected chi connectivity index (χ1v) is 8.50. The molecule has 1 amide bonds. The van der Waals surface area contributed by atoms with Gasteiger partial charge in [-0.05, 0) is 41.0 Å². The molecule has 1 heterocycles. The van der Waals surface area contributed by atoms with Crippen LogP contribution in [-0.2, 0) is 17.5 Å². The van der Waals surface area contributed by atoms with Gasteiger partial charge in [0, 0.05) is 18.1 Å². The highest BCUT2D eigenvalue weighted by molar-refractivity contribution is 6.31. The van der Waals surface area contributed by atoms with Crippen LogP contribution in [0.4, 0.5) is 23.7 Å². The van der Waals surface area contributed by atoms with Crippen LogP contribution in [0.5, 0.6) is 0 Å². The molecule has 0 bridgehead atoms. The van der Waals surface area contributed by atoms with Crippen molar-refractivity contribution in [1.29, 1.82) is 0 Å². The molecule has 3 rings (SSSR count). The van der Waals surface area contributed by atoms with E-state index in [1.165, 1.54) is 6.07 Å². The molecule has 0 spiro atoms. The van der Waals surface area contributed by atoms with Crippen LogP contribution in [0.3, 0.4) is 0 Å². The molecule has 28 heavy (non-hydrogen) atoms. The number of anilines is 1. The minimum absolute atomic E-state index is 0.0289. The van der Waals surface area contributed by atoms with Crippen LogP contribution in [0.25, 0.3) is 11.1 Å². The third-order valence-corrected chi connectivity index (χ3v) is 4.17. The van der Waals surface area contributed by atoms with Gasteiger partial charge in [0.15, 0.2) is 0 Å². The molecule has 8 heteroatoms. The molecule has 0 radical (unpaired) electrons. The maximum Gasteiger partial charge on any atom is 0.417 e. The number of nitrogens with zero attached hydrogens (tertiary/aromatic N) is 1. The quantitative estimate of drug-likeness (QED) is 0.563. The Morgan fingerprint density at radius 1 is 1.07 bits per heavy atom. The van der Waals surface area contributed by atoms with E-state index < -0.39 is 22.9 Å². The standard InChI is InChI=1S/C20H14ClF3N2O2/c21-18-8-7-16(10-17(18)20(22,23)24)26-19(27)28-12-13-3-5-14(6-4-13)15-2-1-9-25-11-15/h1-11H,12H2,(H,26,27). The molecule has 1 N–H and O–H groups in total. The lowest BCUT2D eigenvalue weighted by molar-refractivity contribution is -0.137. The van der Waals surface area contributed by atoms with E-state index in [-0.39, 0.29) is 12.3 Å². The summed E-state index contributed by atoms with van der Waals surface area (Å²) in [6, 6.07) is 14.2. The fraction of sp³-hybridized carbons (Fsp3) is 0.100. The predicted molar refractivity (Wildman–Crippen MR) is 99.9 cm³/mol. The Bertz CT molecular complexity index is 961. The molecular weight excluding hydrogens is 393 g/mol. The van der Waals surface area contributed by atoms with Crippen molar-refractivity contribution in [3.63, 3.8) is 0 Å². The summed E-state index contributed by atoms with van der Waals surface area (Å²) in [5, 5.41) is 1.82. The van der Waals surface area contributed by atoms with Gasteiger partial charge in [-0.3, -0.25) is 10.3 Å². The van der Waals surface area contributed by atoms with Crippen LogP contribution in [0.15, 0.2) is 67.0 Å². The number of rotatable bonds is 4. The average Bonchev–Trinajstić information content (AvgIpc) is 2.68. The molecule has 4 nitrogen and oxygen atoms in total. The molecule has 0 atom stereocenters. The van der Waals surface area contributed by atoms with Crippen LogP contribution in [0.1, 0.15) is 11.1 Å². The van der Waals surface area contributed by atoms with Crippen molar-refractivity contribution in [2.24, 2.45) is 0 Å². The Balaban J connectivity index is 1.59. The molecule has 0 saturated heterocycles. The van der Waals surface area contributed by atoms with Gasteiger partial charge in [0.25, 0.3) is 0 Å². The first-order chi connectivity index (χ1) is 13.3. The average molecular weight is 407 g/mol. The van der Waals surface area contributed by atoms with Crippen LogP contribution in [0.2, 0.25) is 5.02 Å². The summed E-state index contributed by atoms with van der Waals surface area (Å²) in [5.41, 5.74) is 1.56. The maximum atomic E-state index is 12.9. The normalized spacial score (nSPS) is 11.1. The Morgan fingerprint density at radius 2 is 1.82 bits per heavy atom. The number of pyridine rings is 1. The van der Waals surface area contributed by atoms with Crippen molar-refractivity contribution in [3.8, 4) is 11.1 Å². The highest BCUT2D eigenvalue weighted by Crippen LogP contribution is 2.36. The van der Waals surface area contributed by atoms with Gasteiger partial charge in [0.2, 0.25) is 0 Å². The second-order valence-corrected chi connectivity index (χ2v) is 6.24. The number of hydrogen-bond acceptors (Lipinski definition) is 3. The van der Waals surface area contributed by atoms with Crippen molar-refractivity contribution >= 4 is 23.4 Å². The number of alkyl halides is 3. The summed E-state index contributed by atoms with van der Waals surface area (Å²) < 4.78 is 43.6. The molecule has 0 aliphatic heterocycles. The number of carbonyl (C=O) groups excluding carboxylic acids is 1. The van der Waals surface area contributed by atoms with E-state index in [4.69, 9.17) is 16.3 Å². The highest BCUT2D eigenvalue weighted by atomic mass is 35.5. The number of amides is 1. The van der Waals surface area contributed by atoms with Gasteiger partial charge in [-0.1, -0.05) is 41.9 Å². The number of aromatic nitrogens is 1. The van der Waals surface area contributed by atoms with Gasteiger partial charge in [-0.2, -0.15) is 13.2 Å². The third-order valence-electron chi connectivity index (χ3n) is 3.84. The molecule has 2 aromatic carbocycles. The van der Waals surface area contributed by atoms with E-state index in [1.54, 1.807) is 24.5 Å². The summed E-state index contributed by atoms with van der Waals surface area (Å²) in [6.07, 6.45) is -2.07. The Hall–Kier alpha value is -3.06. The second kappa shape index (κ2) is 8.31. The summed E-state index contributed by atoms with van der Waals surface area (Å²) >= 11 is 5.55. The minimum Gasteiger partial charge on any atom is -0.444 e. The van der Waals surface area contributed by atoms with Crippen molar-refractivity contribution in [1.82, 2.24) is 4.98 Å². The molecule has 0 unspecified atom stereocenters. The van der Waals surface area contributed by atoms with Gasteiger partial charge < -0.3 is 4.74 Å².